The maximum atomic E-state index is 10.9. The van der Waals surface area contributed by atoms with Crippen molar-refractivity contribution < 1.29 is 9.59 Å². The van der Waals surface area contributed by atoms with E-state index in [1.807, 2.05) is 0 Å². The zero-order chi connectivity index (χ0) is 9.84. The van der Waals surface area contributed by atoms with Gasteiger partial charge in [-0.3, -0.25) is 15.0 Å². The normalized spacial score (nSPS) is 17.7. The number of nitrogens with two attached hydrogens (primary N) is 1. The average molecular weight is 185 g/mol. The molecule has 0 spiro atoms. The van der Waals surface area contributed by atoms with Gasteiger partial charge in [-0.15, -0.1) is 0 Å². The summed E-state index contributed by atoms with van der Waals surface area (Å²) in [6.45, 7) is 2.62. The van der Waals surface area contributed by atoms with Crippen LogP contribution in [0.4, 0.5) is 0 Å². The maximum absolute atomic E-state index is 10.9. The Morgan fingerprint density at radius 3 is 2.54 bits per heavy atom. The summed E-state index contributed by atoms with van der Waals surface area (Å²) in [5, 5.41) is 2.52. The highest BCUT2D eigenvalue weighted by Crippen LogP contribution is 2.35. The summed E-state index contributed by atoms with van der Waals surface area (Å²) in [5.41, 5.74) is 1.78. The second-order valence-corrected chi connectivity index (χ2v) is 3.50. The number of rotatable bonds is 3. The molecule has 0 heterocycles. The lowest BCUT2D eigenvalue weighted by molar-refractivity contribution is -0.139. The van der Waals surface area contributed by atoms with E-state index in [4.69, 9.17) is 5.84 Å². The molecular weight excluding hydrogens is 170 g/mol. The van der Waals surface area contributed by atoms with Crippen molar-refractivity contribution in [3.63, 3.8) is 0 Å². The van der Waals surface area contributed by atoms with Gasteiger partial charge < -0.3 is 5.32 Å². The molecule has 5 heteroatoms. The smallest absolute Gasteiger partial charge is 0.323 e. The molecule has 1 aliphatic carbocycles. The number of hydrogen-bond donors (Lipinski definition) is 3. The number of hydrazine groups is 1. The van der Waals surface area contributed by atoms with Gasteiger partial charge in [0.1, 0.15) is 0 Å². The first-order chi connectivity index (χ1) is 6.15. The molecule has 5 nitrogen and oxygen atoms in total. The molecule has 0 aromatic rings. The van der Waals surface area contributed by atoms with E-state index in [9.17, 15) is 9.59 Å². The molecule has 13 heavy (non-hydrogen) atoms. The summed E-state index contributed by atoms with van der Waals surface area (Å²) < 4.78 is 0. The molecule has 0 radical (unpaired) electrons. The third-order valence-electron chi connectivity index (χ3n) is 2.35. The Hall–Kier alpha value is -1.10. The molecule has 1 aliphatic rings. The van der Waals surface area contributed by atoms with E-state index in [-0.39, 0.29) is 0 Å². The van der Waals surface area contributed by atoms with Crippen molar-refractivity contribution in [3.05, 3.63) is 0 Å². The molecule has 1 fully saturated rings. The third kappa shape index (κ3) is 3.02. The Morgan fingerprint density at radius 1 is 1.46 bits per heavy atom. The summed E-state index contributed by atoms with van der Waals surface area (Å²) in [5.74, 6) is 4.52. The highest BCUT2D eigenvalue weighted by atomic mass is 16.2. The van der Waals surface area contributed by atoms with Gasteiger partial charge in [0, 0.05) is 6.54 Å². The number of nitrogens with one attached hydrogen (secondary N) is 2. The Bertz CT molecular complexity index is 213. The number of carbonyl (C=O) groups excluding carboxylic acids is 2. The number of carbonyl (C=O) groups is 2. The Morgan fingerprint density at radius 2 is 2.08 bits per heavy atom. The van der Waals surface area contributed by atoms with Gasteiger partial charge in [-0.1, -0.05) is 6.92 Å². The van der Waals surface area contributed by atoms with Gasteiger partial charge in [0.15, 0.2) is 0 Å². The van der Waals surface area contributed by atoms with E-state index < -0.39 is 11.8 Å². The van der Waals surface area contributed by atoms with Gasteiger partial charge in [0.25, 0.3) is 0 Å². The molecule has 74 valence electrons. The fourth-order valence-electron chi connectivity index (χ4n) is 1.23. The fourth-order valence-corrected chi connectivity index (χ4v) is 1.23. The first kappa shape index (κ1) is 9.98. The Balaban J connectivity index is 2.17. The molecular formula is C8H15N3O2. The van der Waals surface area contributed by atoms with Crippen molar-refractivity contribution in [1.29, 1.82) is 0 Å². The second kappa shape index (κ2) is 4.23. The average Bonchev–Trinajstić information content (AvgIpc) is 2.95. The highest BCUT2D eigenvalue weighted by Gasteiger charge is 2.28. The first-order valence-corrected chi connectivity index (χ1v) is 4.44. The molecule has 0 aromatic carbocycles. The van der Waals surface area contributed by atoms with Crippen molar-refractivity contribution >= 4 is 11.8 Å². The Kier molecular flexibility index (Phi) is 3.25. The van der Waals surface area contributed by atoms with Crippen molar-refractivity contribution in [2.24, 2.45) is 17.7 Å². The van der Waals surface area contributed by atoms with E-state index in [1.165, 1.54) is 12.8 Å². The predicted molar refractivity (Wildman–Crippen MR) is 47.2 cm³/mol. The number of hydrogen-bond acceptors (Lipinski definition) is 3. The van der Waals surface area contributed by atoms with Crippen LogP contribution in [0.3, 0.4) is 0 Å². The minimum Gasteiger partial charge on any atom is -0.348 e. The molecule has 1 saturated carbocycles. The van der Waals surface area contributed by atoms with Gasteiger partial charge in [0.2, 0.25) is 0 Å². The molecule has 0 bridgehead atoms. The Labute approximate surface area is 77.0 Å². The predicted octanol–water partition coefficient (Wildman–Crippen LogP) is -0.861. The quantitative estimate of drug-likeness (QED) is 0.231. The van der Waals surface area contributed by atoms with Crippen LogP contribution in [-0.2, 0) is 9.59 Å². The first-order valence-electron chi connectivity index (χ1n) is 4.44. The van der Waals surface area contributed by atoms with Crippen LogP contribution >= 0.6 is 0 Å². The van der Waals surface area contributed by atoms with Crippen LogP contribution in [0.5, 0.6) is 0 Å². The lowest BCUT2D eigenvalue weighted by Crippen LogP contribution is -2.44. The van der Waals surface area contributed by atoms with Crippen molar-refractivity contribution in [2.75, 3.05) is 6.54 Å². The monoisotopic (exact) mass is 185 g/mol. The summed E-state index contributed by atoms with van der Waals surface area (Å²) >= 11 is 0. The van der Waals surface area contributed by atoms with Crippen molar-refractivity contribution in [3.8, 4) is 0 Å². The lowest BCUT2D eigenvalue weighted by Gasteiger charge is -2.10. The molecule has 1 unspecified atom stereocenters. The minimum absolute atomic E-state index is 0.453. The molecule has 1 atom stereocenters. The topological polar surface area (TPSA) is 84.2 Å². The molecule has 0 aromatic heterocycles. The second-order valence-electron chi connectivity index (χ2n) is 3.50. The van der Waals surface area contributed by atoms with Crippen LogP contribution < -0.4 is 16.6 Å². The minimum atomic E-state index is -0.789. The molecule has 0 aliphatic heterocycles. The van der Waals surface area contributed by atoms with E-state index in [0.29, 0.717) is 12.5 Å². The van der Waals surface area contributed by atoms with Crippen LogP contribution in [0.25, 0.3) is 0 Å². The SMILES string of the molecule is CC(CNC(=O)C(=O)NN)C1CC1. The molecule has 1 rings (SSSR count). The van der Waals surface area contributed by atoms with Crippen LogP contribution in [0.2, 0.25) is 0 Å². The van der Waals surface area contributed by atoms with Gasteiger partial charge >= 0.3 is 11.8 Å². The zero-order valence-corrected chi connectivity index (χ0v) is 7.67. The lowest BCUT2D eigenvalue weighted by atomic mass is 10.1. The molecule has 2 amide bonds. The van der Waals surface area contributed by atoms with E-state index in [2.05, 4.69) is 12.2 Å². The van der Waals surface area contributed by atoms with E-state index in [0.717, 1.165) is 5.92 Å². The zero-order valence-electron chi connectivity index (χ0n) is 7.67. The summed E-state index contributed by atoms with van der Waals surface area (Å²) in [6.07, 6.45) is 2.47. The molecule has 4 N–H and O–H groups in total. The molecule has 0 saturated heterocycles. The van der Waals surface area contributed by atoms with Gasteiger partial charge in [-0.2, -0.15) is 0 Å². The van der Waals surface area contributed by atoms with Crippen LogP contribution in [0.1, 0.15) is 19.8 Å². The standard InChI is InChI=1S/C8H15N3O2/c1-5(6-2-3-6)4-10-7(12)8(13)11-9/h5-6H,2-4,9H2,1H3,(H,10,12)(H,11,13). The largest absolute Gasteiger partial charge is 0.348 e. The van der Waals surface area contributed by atoms with Crippen LogP contribution in [-0.4, -0.2) is 18.4 Å². The van der Waals surface area contributed by atoms with Crippen molar-refractivity contribution in [1.82, 2.24) is 10.7 Å². The van der Waals surface area contributed by atoms with E-state index in [1.54, 1.807) is 5.43 Å². The van der Waals surface area contributed by atoms with Crippen LogP contribution in [0.15, 0.2) is 0 Å². The third-order valence-corrected chi connectivity index (χ3v) is 2.35. The fraction of sp³-hybridized carbons (Fsp3) is 0.750. The van der Waals surface area contributed by atoms with Crippen LogP contribution in [0, 0.1) is 11.8 Å². The van der Waals surface area contributed by atoms with Crippen molar-refractivity contribution in [2.45, 2.75) is 19.8 Å². The van der Waals surface area contributed by atoms with Gasteiger partial charge in [0.05, 0.1) is 0 Å². The summed E-state index contributed by atoms with van der Waals surface area (Å²) in [4.78, 5) is 21.6. The highest BCUT2D eigenvalue weighted by molar-refractivity contribution is 6.34. The summed E-state index contributed by atoms with van der Waals surface area (Å²) in [7, 11) is 0. The van der Waals surface area contributed by atoms with E-state index >= 15 is 0 Å². The number of amides is 2. The van der Waals surface area contributed by atoms with Gasteiger partial charge in [-0.05, 0) is 24.7 Å². The maximum Gasteiger partial charge on any atom is 0.323 e. The summed E-state index contributed by atoms with van der Waals surface area (Å²) in [6, 6.07) is 0. The van der Waals surface area contributed by atoms with Gasteiger partial charge in [-0.25, -0.2) is 5.84 Å².